The van der Waals surface area contributed by atoms with Crippen LogP contribution < -0.4 is 10.6 Å². The van der Waals surface area contributed by atoms with Crippen LogP contribution in [0.3, 0.4) is 0 Å². The molecule has 1 aliphatic heterocycles. The lowest BCUT2D eigenvalue weighted by Crippen LogP contribution is -2.61. The summed E-state index contributed by atoms with van der Waals surface area (Å²) in [6.45, 7) is -0.00697. The van der Waals surface area contributed by atoms with Gasteiger partial charge in [-0.1, -0.05) is 30.3 Å². The second-order valence-corrected chi connectivity index (χ2v) is 6.47. The molecule has 4 N–H and O–H groups in total. The Balaban J connectivity index is 1.74. The summed E-state index contributed by atoms with van der Waals surface area (Å²) in [5, 5.41) is 25.9. The average Bonchev–Trinajstić information content (AvgIpc) is 2.85. The molecule has 0 aromatic heterocycles. The fraction of sp³-hybridized carbons (Fsp3) is 0.529. The van der Waals surface area contributed by atoms with Crippen molar-refractivity contribution < 1.29 is 24.5 Å². The molecule has 1 saturated heterocycles. The van der Waals surface area contributed by atoms with Crippen molar-refractivity contribution in [3.8, 4) is 0 Å². The van der Waals surface area contributed by atoms with Crippen molar-refractivity contribution in [2.75, 3.05) is 13.7 Å². The van der Waals surface area contributed by atoms with Gasteiger partial charge in [-0.05, 0) is 24.3 Å². The largest absolute Gasteiger partial charge is 0.391 e. The van der Waals surface area contributed by atoms with Gasteiger partial charge in [0.05, 0.1) is 24.9 Å². The van der Waals surface area contributed by atoms with Gasteiger partial charge in [0.15, 0.2) is 0 Å². The van der Waals surface area contributed by atoms with Gasteiger partial charge in [0.2, 0.25) is 0 Å². The Kier molecular flexibility index (Phi) is 4.58. The highest BCUT2D eigenvalue weighted by Crippen LogP contribution is 2.46. The normalized spacial score (nSPS) is 35.1. The van der Waals surface area contributed by atoms with E-state index in [1.165, 1.54) is 7.05 Å². The molecule has 1 aromatic carbocycles. The van der Waals surface area contributed by atoms with E-state index in [1.54, 1.807) is 0 Å². The fourth-order valence-electron chi connectivity index (χ4n) is 3.73. The molecule has 3 rings (SSSR count). The first-order valence-electron chi connectivity index (χ1n) is 8.05. The summed E-state index contributed by atoms with van der Waals surface area (Å²) in [6.07, 6.45) is -0.185. The molecule has 1 aromatic rings. The second kappa shape index (κ2) is 6.51. The Morgan fingerprint density at radius 1 is 1.21 bits per heavy atom. The van der Waals surface area contributed by atoms with E-state index in [1.807, 2.05) is 30.3 Å². The van der Waals surface area contributed by atoms with E-state index in [2.05, 4.69) is 10.6 Å². The SMILES string of the molecule is CNC(=O)C(=O)N[C@H]1[C@H](O)C[C@@H]2C[C@H](c3ccccc3)OC[C@]21O. The highest BCUT2D eigenvalue weighted by atomic mass is 16.5. The van der Waals surface area contributed by atoms with Crippen molar-refractivity contribution in [1.29, 1.82) is 0 Å². The number of aliphatic hydroxyl groups is 2. The smallest absolute Gasteiger partial charge is 0.309 e. The maximum atomic E-state index is 11.8. The molecule has 7 nitrogen and oxygen atoms in total. The molecule has 0 spiro atoms. The van der Waals surface area contributed by atoms with Crippen LogP contribution >= 0.6 is 0 Å². The molecule has 1 aliphatic carbocycles. The Hall–Kier alpha value is -1.96. The van der Waals surface area contributed by atoms with Crippen molar-refractivity contribution in [3.63, 3.8) is 0 Å². The number of rotatable bonds is 2. The summed E-state index contributed by atoms with van der Waals surface area (Å²) in [5.41, 5.74) is -0.360. The van der Waals surface area contributed by atoms with Gasteiger partial charge in [-0.25, -0.2) is 0 Å². The number of carbonyl (C=O) groups is 2. The molecule has 2 aliphatic rings. The topological polar surface area (TPSA) is 108 Å². The Labute approximate surface area is 140 Å². The van der Waals surface area contributed by atoms with Crippen LogP contribution in [0.25, 0.3) is 0 Å². The number of carbonyl (C=O) groups excluding carboxylic acids is 2. The first kappa shape index (κ1) is 16.9. The minimum absolute atomic E-state index is 0.00697. The molecule has 2 fully saturated rings. The maximum absolute atomic E-state index is 11.8. The quantitative estimate of drug-likeness (QED) is 0.545. The van der Waals surface area contributed by atoms with Crippen LogP contribution in [-0.4, -0.2) is 53.4 Å². The summed E-state index contributed by atoms with van der Waals surface area (Å²) in [4.78, 5) is 23.2. The van der Waals surface area contributed by atoms with Crippen LogP contribution in [0.2, 0.25) is 0 Å². The van der Waals surface area contributed by atoms with Crippen LogP contribution in [0, 0.1) is 5.92 Å². The molecule has 24 heavy (non-hydrogen) atoms. The van der Waals surface area contributed by atoms with E-state index in [0.717, 1.165) is 5.56 Å². The van der Waals surface area contributed by atoms with Crippen molar-refractivity contribution in [1.82, 2.24) is 10.6 Å². The summed E-state index contributed by atoms with van der Waals surface area (Å²) in [7, 11) is 1.35. The van der Waals surface area contributed by atoms with E-state index in [9.17, 15) is 19.8 Å². The summed E-state index contributed by atoms with van der Waals surface area (Å²) in [5.74, 6) is -1.91. The zero-order valence-electron chi connectivity index (χ0n) is 13.4. The summed E-state index contributed by atoms with van der Waals surface area (Å²) in [6, 6.07) is 8.78. The summed E-state index contributed by atoms with van der Waals surface area (Å²) >= 11 is 0. The lowest BCUT2D eigenvalue weighted by Gasteiger charge is -2.42. The lowest BCUT2D eigenvalue weighted by atomic mass is 9.81. The third-order valence-corrected chi connectivity index (χ3v) is 5.06. The van der Waals surface area contributed by atoms with Crippen molar-refractivity contribution in [3.05, 3.63) is 35.9 Å². The molecule has 2 amide bonds. The third-order valence-electron chi connectivity index (χ3n) is 5.06. The number of amides is 2. The Morgan fingerprint density at radius 3 is 2.58 bits per heavy atom. The van der Waals surface area contributed by atoms with Crippen molar-refractivity contribution in [2.24, 2.45) is 5.92 Å². The zero-order chi connectivity index (χ0) is 17.3. The fourth-order valence-corrected chi connectivity index (χ4v) is 3.73. The number of fused-ring (bicyclic) bond motifs is 1. The Bertz CT molecular complexity index is 623. The number of hydrogen-bond acceptors (Lipinski definition) is 5. The van der Waals surface area contributed by atoms with Crippen LogP contribution in [0.5, 0.6) is 0 Å². The molecule has 1 heterocycles. The maximum Gasteiger partial charge on any atom is 0.309 e. The van der Waals surface area contributed by atoms with Gasteiger partial charge >= 0.3 is 11.8 Å². The van der Waals surface area contributed by atoms with Gasteiger partial charge in [0, 0.05) is 7.05 Å². The molecule has 0 unspecified atom stereocenters. The Morgan fingerprint density at radius 2 is 1.92 bits per heavy atom. The van der Waals surface area contributed by atoms with Gasteiger partial charge in [-0.3, -0.25) is 9.59 Å². The molecule has 0 bridgehead atoms. The van der Waals surface area contributed by atoms with Gasteiger partial charge in [0.1, 0.15) is 5.60 Å². The molecular formula is C17H22N2O5. The highest BCUT2D eigenvalue weighted by molar-refractivity contribution is 6.35. The predicted octanol–water partition coefficient (Wildman–Crippen LogP) is -0.509. The van der Waals surface area contributed by atoms with E-state index >= 15 is 0 Å². The number of hydrogen-bond donors (Lipinski definition) is 4. The number of likely N-dealkylation sites (N-methyl/N-ethyl adjacent to an activating group) is 1. The van der Waals surface area contributed by atoms with Gasteiger partial charge < -0.3 is 25.6 Å². The molecule has 0 radical (unpaired) electrons. The van der Waals surface area contributed by atoms with Crippen LogP contribution in [-0.2, 0) is 14.3 Å². The molecular weight excluding hydrogens is 312 g/mol. The van der Waals surface area contributed by atoms with Gasteiger partial charge in [-0.2, -0.15) is 0 Å². The molecule has 5 atom stereocenters. The average molecular weight is 334 g/mol. The molecule has 130 valence electrons. The zero-order valence-corrected chi connectivity index (χ0v) is 13.4. The first-order chi connectivity index (χ1) is 11.5. The van der Waals surface area contributed by atoms with Gasteiger partial charge in [0.25, 0.3) is 0 Å². The van der Waals surface area contributed by atoms with E-state index in [4.69, 9.17) is 4.74 Å². The van der Waals surface area contributed by atoms with Crippen LogP contribution in [0.1, 0.15) is 24.5 Å². The standard InChI is InChI=1S/C17H22N2O5/c1-18-15(21)16(22)19-14-12(20)7-11-8-13(24-9-17(11,14)23)10-5-3-2-4-6-10/h2-6,11-14,20,23H,7-9H2,1H3,(H,18,21)(H,19,22)/t11-,12-,13-,14+,17+/m1/s1. The van der Waals surface area contributed by atoms with Crippen LogP contribution in [0.15, 0.2) is 30.3 Å². The predicted molar refractivity (Wildman–Crippen MR) is 84.8 cm³/mol. The number of ether oxygens (including phenoxy) is 1. The number of nitrogens with one attached hydrogen (secondary N) is 2. The number of benzene rings is 1. The third kappa shape index (κ3) is 2.90. The molecule has 7 heteroatoms. The van der Waals surface area contributed by atoms with E-state index < -0.39 is 29.6 Å². The van der Waals surface area contributed by atoms with Crippen LogP contribution in [0.4, 0.5) is 0 Å². The highest BCUT2D eigenvalue weighted by Gasteiger charge is 2.57. The summed E-state index contributed by atoms with van der Waals surface area (Å²) < 4.78 is 5.81. The van der Waals surface area contributed by atoms with Crippen molar-refractivity contribution in [2.45, 2.75) is 36.7 Å². The minimum Gasteiger partial charge on any atom is -0.391 e. The minimum atomic E-state index is -1.38. The van der Waals surface area contributed by atoms with E-state index in [0.29, 0.717) is 12.8 Å². The molecule has 1 saturated carbocycles. The number of aliphatic hydroxyl groups excluding tert-OH is 1. The lowest BCUT2D eigenvalue weighted by molar-refractivity contribution is -0.160. The second-order valence-electron chi connectivity index (χ2n) is 6.47. The first-order valence-corrected chi connectivity index (χ1v) is 8.05. The monoisotopic (exact) mass is 334 g/mol. The van der Waals surface area contributed by atoms with E-state index in [-0.39, 0.29) is 18.6 Å². The van der Waals surface area contributed by atoms with Crippen molar-refractivity contribution >= 4 is 11.8 Å². The van der Waals surface area contributed by atoms with Gasteiger partial charge in [-0.15, -0.1) is 0 Å².